The van der Waals surface area contributed by atoms with Crippen LogP contribution in [0.5, 0.6) is 0 Å². The zero-order valence-corrected chi connectivity index (χ0v) is 9.26. The molecule has 14 heavy (non-hydrogen) atoms. The van der Waals surface area contributed by atoms with Crippen molar-refractivity contribution in [1.82, 2.24) is 0 Å². The van der Waals surface area contributed by atoms with E-state index in [2.05, 4.69) is 32.0 Å². The molecule has 0 amide bonds. The zero-order valence-electron chi connectivity index (χ0n) is 9.26. The van der Waals surface area contributed by atoms with E-state index in [1.54, 1.807) is 0 Å². The van der Waals surface area contributed by atoms with E-state index in [0.717, 1.165) is 6.42 Å². The molecule has 0 aliphatic rings. The van der Waals surface area contributed by atoms with Crippen LogP contribution >= 0.6 is 0 Å². The lowest BCUT2D eigenvalue weighted by Gasteiger charge is -2.05. The molecule has 0 saturated heterocycles. The Balaban J connectivity index is 2.63. The fraction of sp³-hybridized carbons (Fsp3) is 0.462. The molecule has 0 bridgehead atoms. The summed E-state index contributed by atoms with van der Waals surface area (Å²) in [6.07, 6.45) is 2.23. The highest BCUT2D eigenvalue weighted by Gasteiger charge is 2.02. The Bertz CT molecular complexity index is 326. The van der Waals surface area contributed by atoms with E-state index in [1.807, 2.05) is 6.92 Å². The van der Waals surface area contributed by atoms with E-state index >= 15 is 0 Å². The molecule has 0 aliphatic heterocycles. The van der Waals surface area contributed by atoms with Crippen LogP contribution in [0.3, 0.4) is 0 Å². The SMILES string of the molecule is CCC(=O)CCc1ccc(C)cc1C. The first-order chi connectivity index (χ1) is 6.63. The van der Waals surface area contributed by atoms with Gasteiger partial charge in [-0.2, -0.15) is 0 Å². The lowest BCUT2D eigenvalue weighted by atomic mass is 10.00. The molecular weight excluding hydrogens is 172 g/mol. The van der Waals surface area contributed by atoms with Crippen molar-refractivity contribution in [1.29, 1.82) is 0 Å². The molecule has 0 heterocycles. The second kappa shape index (κ2) is 4.94. The van der Waals surface area contributed by atoms with Gasteiger partial charge in [-0.15, -0.1) is 0 Å². The largest absolute Gasteiger partial charge is 0.300 e. The van der Waals surface area contributed by atoms with Crippen molar-refractivity contribution in [3.8, 4) is 0 Å². The van der Waals surface area contributed by atoms with Crippen molar-refractivity contribution >= 4 is 5.78 Å². The number of Topliss-reactive ketones (excluding diaryl/α,β-unsaturated/α-hetero) is 1. The van der Waals surface area contributed by atoms with Crippen LogP contribution in [0.4, 0.5) is 0 Å². The first-order valence-electron chi connectivity index (χ1n) is 5.21. The number of hydrogen-bond donors (Lipinski definition) is 0. The molecule has 0 atom stereocenters. The molecular formula is C13H18O. The molecule has 0 N–H and O–H groups in total. The van der Waals surface area contributed by atoms with Gasteiger partial charge in [0.2, 0.25) is 0 Å². The third-order valence-electron chi connectivity index (χ3n) is 2.57. The molecule has 0 radical (unpaired) electrons. The number of aryl methyl sites for hydroxylation is 3. The van der Waals surface area contributed by atoms with Gasteiger partial charge in [0.25, 0.3) is 0 Å². The van der Waals surface area contributed by atoms with Crippen molar-refractivity contribution < 1.29 is 4.79 Å². The van der Waals surface area contributed by atoms with Gasteiger partial charge >= 0.3 is 0 Å². The Morgan fingerprint density at radius 1 is 1.29 bits per heavy atom. The predicted molar refractivity (Wildman–Crippen MR) is 59.5 cm³/mol. The summed E-state index contributed by atoms with van der Waals surface area (Å²) >= 11 is 0. The summed E-state index contributed by atoms with van der Waals surface area (Å²) in [6, 6.07) is 6.41. The van der Waals surface area contributed by atoms with Gasteiger partial charge < -0.3 is 0 Å². The van der Waals surface area contributed by atoms with Gasteiger partial charge in [-0.1, -0.05) is 30.7 Å². The normalized spacial score (nSPS) is 10.2. The second-order valence-electron chi connectivity index (χ2n) is 3.82. The number of carbonyl (C=O) groups is 1. The molecule has 0 saturated carbocycles. The maximum Gasteiger partial charge on any atom is 0.132 e. The summed E-state index contributed by atoms with van der Waals surface area (Å²) in [4.78, 5) is 11.2. The molecule has 0 fully saturated rings. The quantitative estimate of drug-likeness (QED) is 0.712. The lowest BCUT2D eigenvalue weighted by molar-refractivity contribution is -0.118. The van der Waals surface area contributed by atoms with Crippen LogP contribution in [-0.4, -0.2) is 5.78 Å². The summed E-state index contributed by atoms with van der Waals surface area (Å²) in [5, 5.41) is 0. The van der Waals surface area contributed by atoms with Crippen LogP contribution in [0.1, 0.15) is 36.5 Å². The standard InChI is InChI=1S/C13H18O/c1-4-13(14)8-7-12-6-5-10(2)9-11(12)3/h5-6,9H,4,7-8H2,1-3H3. The van der Waals surface area contributed by atoms with Gasteiger partial charge in [0.05, 0.1) is 0 Å². The van der Waals surface area contributed by atoms with Gasteiger partial charge in [0, 0.05) is 12.8 Å². The van der Waals surface area contributed by atoms with Crippen LogP contribution < -0.4 is 0 Å². The van der Waals surface area contributed by atoms with Crippen molar-refractivity contribution in [2.75, 3.05) is 0 Å². The molecule has 1 heteroatoms. The van der Waals surface area contributed by atoms with E-state index in [4.69, 9.17) is 0 Å². The summed E-state index contributed by atoms with van der Waals surface area (Å²) < 4.78 is 0. The average Bonchev–Trinajstić information content (AvgIpc) is 2.16. The number of hydrogen-bond acceptors (Lipinski definition) is 1. The number of carbonyl (C=O) groups excluding carboxylic acids is 1. The minimum atomic E-state index is 0.352. The third-order valence-corrected chi connectivity index (χ3v) is 2.57. The summed E-state index contributed by atoms with van der Waals surface area (Å²) in [6.45, 7) is 6.12. The van der Waals surface area contributed by atoms with E-state index in [0.29, 0.717) is 18.6 Å². The first kappa shape index (κ1) is 11.0. The molecule has 1 nitrogen and oxygen atoms in total. The highest BCUT2D eigenvalue weighted by Crippen LogP contribution is 2.12. The summed E-state index contributed by atoms with van der Waals surface area (Å²) in [5.41, 5.74) is 3.89. The Morgan fingerprint density at radius 2 is 2.00 bits per heavy atom. The molecule has 0 spiro atoms. The van der Waals surface area contributed by atoms with Gasteiger partial charge in [-0.3, -0.25) is 4.79 Å². The van der Waals surface area contributed by atoms with Crippen molar-refractivity contribution in [2.24, 2.45) is 0 Å². The average molecular weight is 190 g/mol. The fourth-order valence-electron chi connectivity index (χ4n) is 1.58. The maximum absolute atomic E-state index is 11.2. The molecule has 1 aromatic rings. The third kappa shape index (κ3) is 2.99. The van der Waals surface area contributed by atoms with Crippen molar-refractivity contribution in [3.05, 3.63) is 34.9 Å². The summed E-state index contributed by atoms with van der Waals surface area (Å²) in [7, 11) is 0. The number of rotatable bonds is 4. The minimum absolute atomic E-state index is 0.352. The van der Waals surface area contributed by atoms with Crippen LogP contribution in [-0.2, 0) is 11.2 Å². The molecule has 1 rings (SSSR count). The maximum atomic E-state index is 11.2. The van der Waals surface area contributed by atoms with Crippen LogP contribution in [0.15, 0.2) is 18.2 Å². The van der Waals surface area contributed by atoms with Gasteiger partial charge in [0.1, 0.15) is 5.78 Å². The predicted octanol–water partition coefficient (Wildman–Crippen LogP) is 3.22. The highest BCUT2D eigenvalue weighted by molar-refractivity contribution is 5.78. The van der Waals surface area contributed by atoms with E-state index in [-0.39, 0.29) is 0 Å². The van der Waals surface area contributed by atoms with Crippen LogP contribution in [0, 0.1) is 13.8 Å². The smallest absolute Gasteiger partial charge is 0.132 e. The van der Waals surface area contributed by atoms with Gasteiger partial charge in [0.15, 0.2) is 0 Å². The van der Waals surface area contributed by atoms with Gasteiger partial charge in [-0.25, -0.2) is 0 Å². The van der Waals surface area contributed by atoms with Crippen LogP contribution in [0.25, 0.3) is 0 Å². The van der Waals surface area contributed by atoms with E-state index in [9.17, 15) is 4.79 Å². The monoisotopic (exact) mass is 190 g/mol. The Labute approximate surface area is 86.1 Å². The fourth-order valence-corrected chi connectivity index (χ4v) is 1.58. The molecule has 0 aromatic heterocycles. The van der Waals surface area contributed by atoms with Crippen molar-refractivity contribution in [2.45, 2.75) is 40.0 Å². The van der Waals surface area contributed by atoms with Crippen LogP contribution in [0.2, 0.25) is 0 Å². The van der Waals surface area contributed by atoms with Crippen molar-refractivity contribution in [3.63, 3.8) is 0 Å². The first-order valence-corrected chi connectivity index (χ1v) is 5.21. The molecule has 76 valence electrons. The zero-order chi connectivity index (χ0) is 10.6. The lowest BCUT2D eigenvalue weighted by Crippen LogP contribution is -1.99. The van der Waals surface area contributed by atoms with Gasteiger partial charge in [-0.05, 0) is 31.4 Å². The molecule has 0 unspecified atom stereocenters. The Hall–Kier alpha value is -1.11. The highest BCUT2D eigenvalue weighted by atomic mass is 16.1. The molecule has 0 aliphatic carbocycles. The van der Waals surface area contributed by atoms with E-state index in [1.165, 1.54) is 16.7 Å². The molecule has 1 aromatic carbocycles. The second-order valence-corrected chi connectivity index (χ2v) is 3.82. The Kier molecular flexibility index (Phi) is 3.87. The number of benzene rings is 1. The summed E-state index contributed by atoms with van der Waals surface area (Å²) in [5.74, 6) is 0.352. The minimum Gasteiger partial charge on any atom is -0.300 e. The van der Waals surface area contributed by atoms with E-state index < -0.39 is 0 Å². The topological polar surface area (TPSA) is 17.1 Å². The Morgan fingerprint density at radius 3 is 2.57 bits per heavy atom. The number of ketones is 1.